The Morgan fingerprint density at radius 1 is 1.33 bits per heavy atom. The van der Waals surface area contributed by atoms with Crippen molar-refractivity contribution >= 4 is 17.3 Å². The Bertz CT molecular complexity index is 413. The van der Waals surface area contributed by atoms with Crippen molar-refractivity contribution in [2.75, 3.05) is 30.9 Å². The first-order valence-electron chi connectivity index (χ1n) is 6.46. The number of nitrogens with zero attached hydrogens (tertiary/aromatic N) is 1. The van der Waals surface area contributed by atoms with E-state index in [0.29, 0.717) is 12.5 Å². The van der Waals surface area contributed by atoms with Crippen LogP contribution in [0.5, 0.6) is 0 Å². The zero-order valence-electron chi connectivity index (χ0n) is 11.1. The molecule has 4 heteroatoms. The Balaban J connectivity index is 1.85. The van der Waals surface area contributed by atoms with Gasteiger partial charge in [-0.3, -0.25) is 4.79 Å². The third-order valence-corrected chi connectivity index (χ3v) is 3.02. The number of amides is 1. The molecular formula is C14H21N3O. The predicted molar refractivity (Wildman–Crippen MR) is 75.0 cm³/mol. The second kappa shape index (κ2) is 5.87. The van der Waals surface area contributed by atoms with Crippen LogP contribution < -0.4 is 15.5 Å². The van der Waals surface area contributed by atoms with Crippen LogP contribution in [-0.4, -0.2) is 32.6 Å². The molecule has 0 unspecified atom stereocenters. The molecule has 18 heavy (non-hydrogen) atoms. The summed E-state index contributed by atoms with van der Waals surface area (Å²) in [6.45, 7) is 0.765. The second-order valence-electron chi connectivity index (χ2n) is 4.94. The number of benzene rings is 1. The summed E-state index contributed by atoms with van der Waals surface area (Å²) in [5.41, 5.74) is 1.90. The molecule has 0 bridgehead atoms. The van der Waals surface area contributed by atoms with Gasteiger partial charge in [-0.25, -0.2) is 0 Å². The summed E-state index contributed by atoms with van der Waals surface area (Å²) in [6.07, 6.45) is 3.04. The van der Waals surface area contributed by atoms with Crippen molar-refractivity contribution in [3.05, 3.63) is 24.3 Å². The highest BCUT2D eigenvalue weighted by atomic mass is 16.1. The van der Waals surface area contributed by atoms with Gasteiger partial charge in [-0.15, -0.1) is 0 Å². The fraction of sp³-hybridized carbons (Fsp3) is 0.500. The lowest BCUT2D eigenvalue weighted by Gasteiger charge is -2.17. The standard InChI is InChI=1S/C14H21N3O/c1-17(2)13-6-4-3-5-12(13)16-14(18)9-10-15-11-7-8-11/h3-6,11,15H,7-10H2,1-2H3,(H,16,18). The van der Waals surface area contributed by atoms with Crippen molar-refractivity contribution in [1.29, 1.82) is 0 Å². The van der Waals surface area contributed by atoms with E-state index in [1.807, 2.05) is 43.3 Å². The molecule has 1 aliphatic carbocycles. The molecule has 2 rings (SSSR count). The minimum atomic E-state index is 0.0671. The van der Waals surface area contributed by atoms with Crippen LogP contribution in [0.4, 0.5) is 11.4 Å². The number of hydrogen-bond donors (Lipinski definition) is 2. The van der Waals surface area contributed by atoms with Gasteiger partial charge in [0.2, 0.25) is 5.91 Å². The molecule has 0 spiro atoms. The third-order valence-electron chi connectivity index (χ3n) is 3.02. The minimum Gasteiger partial charge on any atom is -0.376 e. The molecule has 1 aromatic carbocycles. The highest BCUT2D eigenvalue weighted by Gasteiger charge is 2.20. The average Bonchev–Trinajstić information content (AvgIpc) is 3.13. The maximum absolute atomic E-state index is 11.8. The molecule has 0 aliphatic heterocycles. The number of hydrogen-bond acceptors (Lipinski definition) is 3. The van der Waals surface area contributed by atoms with Gasteiger partial charge in [0.15, 0.2) is 0 Å². The summed E-state index contributed by atoms with van der Waals surface area (Å²) in [5.74, 6) is 0.0671. The van der Waals surface area contributed by atoms with E-state index in [0.717, 1.165) is 17.9 Å². The molecule has 0 heterocycles. The zero-order chi connectivity index (χ0) is 13.0. The summed E-state index contributed by atoms with van der Waals surface area (Å²) >= 11 is 0. The number of carbonyl (C=O) groups is 1. The van der Waals surface area contributed by atoms with Gasteiger partial charge in [0.05, 0.1) is 11.4 Å². The molecule has 1 aromatic rings. The van der Waals surface area contributed by atoms with Crippen molar-refractivity contribution in [3.63, 3.8) is 0 Å². The SMILES string of the molecule is CN(C)c1ccccc1NC(=O)CCNC1CC1. The number of nitrogens with one attached hydrogen (secondary N) is 2. The molecule has 0 saturated heterocycles. The highest BCUT2D eigenvalue weighted by molar-refractivity contribution is 5.94. The topological polar surface area (TPSA) is 44.4 Å². The van der Waals surface area contributed by atoms with E-state index in [9.17, 15) is 4.79 Å². The fourth-order valence-corrected chi connectivity index (χ4v) is 1.86. The van der Waals surface area contributed by atoms with Crippen LogP contribution in [0.15, 0.2) is 24.3 Å². The van der Waals surface area contributed by atoms with Gasteiger partial charge in [0, 0.05) is 33.1 Å². The van der Waals surface area contributed by atoms with E-state index >= 15 is 0 Å². The first-order chi connectivity index (χ1) is 8.66. The molecule has 2 N–H and O–H groups in total. The van der Waals surface area contributed by atoms with Crippen LogP contribution in [0.3, 0.4) is 0 Å². The highest BCUT2D eigenvalue weighted by Crippen LogP contribution is 2.23. The zero-order valence-corrected chi connectivity index (χ0v) is 11.1. The quantitative estimate of drug-likeness (QED) is 0.806. The van der Waals surface area contributed by atoms with Gasteiger partial charge in [-0.1, -0.05) is 12.1 Å². The lowest BCUT2D eigenvalue weighted by molar-refractivity contribution is -0.116. The summed E-state index contributed by atoms with van der Waals surface area (Å²) in [4.78, 5) is 13.8. The van der Waals surface area contributed by atoms with Crippen molar-refractivity contribution in [2.45, 2.75) is 25.3 Å². The van der Waals surface area contributed by atoms with Crippen LogP contribution in [0.25, 0.3) is 0 Å². The molecule has 1 saturated carbocycles. The first-order valence-corrected chi connectivity index (χ1v) is 6.46. The Morgan fingerprint density at radius 2 is 2.06 bits per heavy atom. The maximum atomic E-state index is 11.8. The lowest BCUT2D eigenvalue weighted by Crippen LogP contribution is -2.24. The van der Waals surface area contributed by atoms with Crippen LogP contribution >= 0.6 is 0 Å². The molecule has 0 aromatic heterocycles. The Kier molecular flexibility index (Phi) is 4.20. The van der Waals surface area contributed by atoms with E-state index < -0.39 is 0 Å². The van der Waals surface area contributed by atoms with E-state index in [-0.39, 0.29) is 5.91 Å². The van der Waals surface area contributed by atoms with Gasteiger partial charge in [-0.2, -0.15) is 0 Å². The van der Waals surface area contributed by atoms with Gasteiger partial charge in [0.1, 0.15) is 0 Å². The van der Waals surface area contributed by atoms with Gasteiger partial charge in [0.25, 0.3) is 0 Å². The van der Waals surface area contributed by atoms with Crippen LogP contribution in [-0.2, 0) is 4.79 Å². The lowest BCUT2D eigenvalue weighted by atomic mass is 10.2. The molecule has 0 radical (unpaired) electrons. The van der Waals surface area contributed by atoms with Crippen molar-refractivity contribution in [2.24, 2.45) is 0 Å². The van der Waals surface area contributed by atoms with E-state index in [1.54, 1.807) is 0 Å². The van der Waals surface area contributed by atoms with Crippen LogP contribution in [0, 0.1) is 0 Å². The fourth-order valence-electron chi connectivity index (χ4n) is 1.86. The van der Waals surface area contributed by atoms with Gasteiger partial charge in [-0.05, 0) is 25.0 Å². The van der Waals surface area contributed by atoms with Crippen molar-refractivity contribution in [1.82, 2.24) is 5.32 Å². The van der Waals surface area contributed by atoms with Gasteiger partial charge >= 0.3 is 0 Å². The Hall–Kier alpha value is -1.55. The maximum Gasteiger partial charge on any atom is 0.225 e. The number of para-hydroxylation sites is 2. The molecule has 1 aliphatic rings. The molecule has 1 amide bonds. The first kappa shape index (κ1) is 12.9. The van der Waals surface area contributed by atoms with Crippen LogP contribution in [0.1, 0.15) is 19.3 Å². The Labute approximate surface area is 108 Å². The number of carbonyl (C=O) groups excluding carboxylic acids is 1. The van der Waals surface area contributed by atoms with Crippen LogP contribution in [0.2, 0.25) is 0 Å². The number of anilines is 2. The minimum absolute atomic E-state index is 0.0671. The third kappa shape index (κ3) is 3.74. The molecular weight excluding hydrogens is 226 g/mol. The smallest absolute Gasteiger partial charge is 0.225 e. The molecule has 1 fully saturated rings. The summed E-state index contributed by atoms with van der Waals surface area (Å²) in [6, 6.07) is 8.50. The predicted octanol–water partition coefficient (Wildman–Crippen LogP) is 1.83. The average molecular weight is 247 g/mol. The molecule has 4 nitrogen and oxygen atoms in total. The summed E-state index contributed by atoms with van der Waals surface area (Å²) < 4.78 is 0. The normalized spacial score (nSPS) is 14.3. The summed E-state index contributed by atoms with van der Waals surface area (Å²) in [7, 11) is 3.94. The molecule has 98 valence electrons. The monoisotopic (exact) mass is 247 g/mol. The van der Waals surface area contributed by atoms with Crippen molar-refractivity contribution < 1.29 is 4.79 Å². The largest absolute Gasteiger partial charge is 0.376 e. The van der Waals surface area contributed by atoms with E-state index in [1.165, 1.54) is 12.8 Å². The summed E-state index contributed by atoms with van der Waals surface area (Å²) in [5, 5.41) is 6.30. The van der Waals surface area contributed by atoms with Gasteiger partial charge < -0.3 is 15.5 Å². The van der Waals surface area contributed by atoms with E-state index in [2.05, 4.69) is 10.6 Å². The van der Waals surface area contributed by atoms with Crippen molar-refractivity contribution in [3.8, 4) is 0 Å². The second-order valence-corrected chi connectivity index (χ2v) is 4.94. The van der Waals surface area contributed by atoms with E-state index in [4.69, 9.17) is 0 Å². The Morgan fingerprint density at radius 3 is 2.72 bits per heavy atom. The molecule has 0 atom stereocenters. The number of rotatable bonds is 6.